The van der Waals surface area contributed by atoms with Crippen molar-refractivity contribution >= 4 is 7.32 Å². The summed E-state index contributed by atoms with van der Waals surface area (Å²) in [5, 5.41) is 26.3. The van der Waals surface area contributed by atoms with Crippen LogP contribution in [-0.2, 0) is 4.65 Å². The van der Waals surface area contributed by atoms with E-state index < -0.39 is 18.5 Å². The van der Waals surface area contributed by atoms with Crippen LogP contribution in [0, 0.1) is 10.8 Å². The summed E-state index contributed by atoms with van der Waals surface area (Å²) in [4.78, 5) is 0. The Bertz CT molecular complexity index is 353. The van der Waals surface area contributed by atoms with Crippen molar-refractivity contribution < 1.29 is 14.7 Å². The highest BCUT2D eigenvalue weighted by atomic mass is 16.6. The molecule has 0 aromatic heterocycles. The molecule has 0 aromatic carbocycles. The molecule has 1 atom stereocenters. The maximum absolute atomic E-state index is 9.03. The quantitative estimate of drug-likeness (QED) is 0.726. The van der Waals surface area contributed by atoms with Crippen molar-refractivity contribution in [3.63, 3.8) is 0 Å². The average Bonchev–Trinajstić information content (AvgIpc) is 2.45. The highest BCUT2D eigenvalue weighted by Gasteiger charge is 2.48. The third-order valence-corrected chi connectivity index (χ3v) is 2.77. The summed E-state index contributed by atoms with van der Waals surface area (Å²) in [7, 11) is -1.87. The summed E-state index contributed by atoms with van der Waals surface area (Å²) in [6.07, 6.45) is 1.77. The summed E-state index contributed by atoms with van der Waals surface area (Å²) in [5.41, 5.74) is -0.912. The van der Waals surface area contributed by atoms with Crippen molar-refractivity contribution in [2.24, 2.45) is 21.1 Å². The van der Waals surface area contributed by atoms with Crippen LogP contribution in [0.5, 0.6) is 0 Å². The van der Waals surface area contributed by atoms with Crippen LogP contribution in [0.3, 0.4) is 0 Å². The molecule has 0 saturated carbocycles. The van der Waals surface area contributed by atoms with Crippen LogP contribution in [0.2, 0.25) is 0 Å². The zero-order chi connectivity index (χ0) is 13.5. The Kier molecular flexibility index (Phi) is 3.54. The molecule has 0 aromatic rings. The Labute approximate surface area is 103 Å². The number of azo groups is 1. The van der Waals surface area contributed by atoms with Gasteiger partial charge >= 0.3 is 7.32 Å². The van der Waals surface area contributed by atoms with E-state index in [2.05, 4.69) is 10.2 Å². The minimum absolute atomic E-state index is 0.153. The van der Waals surface area contributed by atoms with Crippen LogP contribution in [0.25, 0.3) is 0 Å². The first kappa shape index (κ1) is 14.3. The van der Waals surface area contributed by atoms with Gasteiger partial charge in [0.2, 0.25) is 0 Å². The van der Waals surface area contributed by atoms with E-state index in [1.165, 1.54) is 0 Å². The number of nitrogens with zero attached hydrogens (tertiary/aromatic N) is 2. The lowest BCUT2D eigenvalue weighted by atomic mass is 9.80. The molecule has 0 spiro atoms. The average molecular weight is 240 g/mol. The van der Waals surface area contributed by atoms with Gasteiger partial charge in [-0.2, -0.15) is 5.11 Å². The Morgan fingerprint density at radius 2 is 1.71 bits per heavy atom. The van der Waals surface area contributed by atoms with Crippen molar-refractivity contribution in [3.8, 4) is 0 Å². The van der Waals surface area contributed by atoms with Gasteiger partial charge in [-0.15, -0.1) is 5.11 Å². The molecule has 1 heterocycles. The highest BCUT2D eigenvalue weighted by molar-refractivity contribution is 6.32. The van der Waals surface area contributed by atoms with Gasteiger partial charge in [-0.05, 0) is 6.08 Å². The smallest absolute Gasteiger partial charge is 0.402 e. The summed E-state index contributed by atoms with van der Waals surface area (Å²) in [6, 6.07) is 0. The largest absolute Gasteiger partial charge is 0.635 e. The van der Waals surface area contributed by atoms with Gasteiger partial charge in [0.25, 0.3) is 0 Å². The van der Waals surface area contributed by atoms with Crippen molar-refractivity contribution in [2.75, 3.05) is 0 Å². The Morgan fingerprint density at radius 3 is 2.00 bits per heavy atom. The number of rotatable bonds is 2. The lowest BCUT2D eigenvalue weighted by Gasteiger charge is -2.36. The van der Waals surface area contributed by atoms with Gasteiger partial charge in [-0.3, -0.25) is 0 Å². The standard InChI is InChI=1S/C11H21BN2O3/c1-9(2,3)8-7-11(14-13-8,10(4,5)6)17-12(15)16/h7,15-16H,1-6H3. The third kappa shape index (κ3) is 2.94. The van der Waals surface area contributed by atoms with Crippen LogP contribution in [0.15, 0.2) is 22.0 Å². The second-order valence-electron chi connectivity index (χ2n) is 6.37. The maximum Gasteiger partial charge on any atom is 0.635 e. The second kappa shape index (κ2) is 4.19. The SMILES string of the molecule is CC(C)(C)C1=CC(OB(O)O)(C(C)(C)C)N=N1. The fraction of sp³-hybridized carbons (Fsp3) is 0.818. The molecule has 96 valence electrons. The van der Waals surface area contributed by atoms with Crippen molar-refractivity contribution in [1.82, 2.24) is 0 Å². The molecule has 1 aliphatic rings. The molecule has 17 heavy (non-hydrogen) atoms. The highest BCUT2D eigenvalue weighted by Crippen LogP contribution is 2.44. The molecule has 6 heteroatoms. The fourth-order valence-corrected chi connectivity index (χ4v) is 1.50. The lowest BCUT2D eigenvalue weighted by molar-refractivity contribution is -0.0196. The molecule has 2 N–H and O–H groups in total. The van der Waals surface area contributed by atoms with Gasteiger partial charge in [0.15, 0.2) is 5.72 Å². The Hall–Kier alpha value is -0.715. The van der Waals surface area contributed by atoms with E-state index in [4.69, 9.17) is 14.7 Å². The van der Waals surface area contributed by atoms with Crippen LogP contribution in [0.4, 0.5) is 0 Å². The summed E-state index contributed by atoms with van der Waals surface area (Å²) < 4.78 is 5.16. The molecule has 0 fully saturated rings. The zero-order valence-electron chi connectivity index (χ0n) is 11.4. The summed E-state index contributed by atoms with van der Waals surface area (Å²) >= 11 is 0. The van der Waals surface area contributed by atoms with E-state index in [1.54, 1.807) is 6.08 Å². The van der Waals surface area contributed by atoms with Gasteiger partial charge in [0, 0.05) is 10.8 Å². The van der Waals surface area contributed by atoms with E-state index in [0.29, 0.717) is 0 Å². The van der Waals surface area contributed by atoms with Gasteiger partial charge in [0.05, 0.1) is 5.70 Å². The van der Waals surface area contributed by atoms with Crippen molar-refractivity contribution in [3.05, 3.63) is 11.8 Å². The van der Waals surface area contributed by atoms with E-state index in [1.807, 2.05) is 41.5 Å². The fourth-order valence-electron chi connectivity index (χ4n) is 1.50. The topological polar surface area (TPSA) is 74.4 Å². The summed E-state index contributed by atoms with van der Waals surface area (Å²) in [6.45, 7) is 11.8. The van der Waals surface area contributed by atoms with E-state index >= 15 is 0 Å². The van der Waals surface area contributed by atoms with Gasteiger partial charge in [-0.1, -0.05) is 41.5 Å². The molecule has 0 bridgehead atoms. The van der Waals surface area contributed by atoms with Crippen LogP contribution in [-0.4, -0.2) is 23.1 Å². The van der Waals surface area contributed by atoms with Gasteiger partial charge in [-0.25, -0.2) is 0 Å². The number of allylic oxidation sites excluding steroid dienone is 1. The van der Waals surface area contributed by atoms with E-state index in [-0.39, 0.29) is 5.41 Å². The lowest BCUT2D eigenvalue weighted by Crippen LogP contribution is -2.45. The zero-order valence-corrected chi connectivity index (χ0v) is 11.4. The van der Waals surface area contributed by atoms with Crippen molar-refractivity contribution in [2.45, 2.75) is 47.3 Å². The minimum atomic E-state index is -1.87. The second-order valence-corrected chi connectivity index (χ2v) is 6.37. The molecule has 0 radical (unpaired) electrons. The van der Waals surface area contributed by atoms with Crippen molar-refractivity contribution in [1.29, 1.82) is 0 Å². The molecular weight excluding hydrogens is 219 g/mol. The molecule has 0 saturated heterocycles. The van der Waals surface area contributed by atoms with Crippen LogP contribution >= 0.6 is 0 Å². The Balaban J connectivity index is 3.15. The van der Waals surface area contributed by atoms with Crippen LogP contribution < -0.4 is 0 Å². The normalized spacial score (nSPS) is 25.1. The molecule has 0 aliphatic carbocycles. The molecular formula is C11H21BN2O3. The van der Waals surface area contributed by atoms with Gasteiger partial charge < -0.3 is 14.7 Å². The third-order valence-electron chi connectivity index (χ3n) is 2.77. The predicted octanol–water partition coefficient (Wildman–Crippen LogP) is 2.11. The first-order valence-electron chi connectivity index (χ1n) is 5.68. The number of hydrogen-bond donors (Lipinski definition) is 2. The molecule has 1 rings (SSSR count). The first-order valence-corrected chi connectivity index (χ1v) is 5.68. The van der Waals surface area contributed by atoms with Gasteiger partial charge in [0.1, 0.15) is 0 Å². The first-order chi connectivity index (χ1) is 7.48. The maximum atomic E-state index is 9.03. The molecule has 0 amide bonds. The number of hydrogen-bond acceptors (Lipinski definition) is 5. The molecule has 1 unspecified atom stereocenters. The molecule has 5 nitrogen and oxygen atoms in total. The monoisotopic (exact) mass is 240 g/mol. The molecule has 1 aliphatic heterocycles. The summed E-state index contributed by atoms with van der Waals surface area (Å²) in [5.74, 6) is 0. The van der Waals surface area contributed by atoms with E-state index in [9.17, 15) is 0 Å². The van der Waals surface area contributed by atoms with E-state index in [0.717, 1.165) is 5.70 Å². The van der Waals surface area contributed by atoms with Crippen LogP contribution in [0.1, 0.15) is 41.5 Å². The Morgan fingerprint density at radius 1 is 1.18 bits per heavy atom. The predicted molar refractivity (Wildman–Crippen MR) is 65.9 cm³/mol. The minimum Gasteiger partial charge on any atom is -0.402 e.